The van der Waals surface area contributed by atoms with Crippen molar-refractivity contribution in [1.29, 1.82) is 0 Å². The van der Waals surface area contributed by atoms with Gasteiger partial charge in [-0.05, 0) is 70.6 Å². The number of carbonyl (C=O) groups excluding carboxylic acids is 1. The van der Waals surface area contributed by atoms with Gasteiger partial charge in [0.2, 0.25) is 5.91 Å². The molecule has 3 atom stereocenters. The molecule has 0 aliphatic heterocycles. The fraction of sp³-hybridized carbons (Fsp3) is 0.780. The number of hydrogen-bond acceptors (Lipinski definition) is 5. The van der Waals surface area contributed by atoms with Crippen molar-refractivity contribution in [2.75, 3.05) is 40.9 Å². The smallest absolute Gasteiger partial charge is 0.387 e. The summed E-state index contributed by atoms with van der Waals surface area (Å²) >= 11 is 0. The van der Waals surface area contributed by atoms with Gasteiger partial charge >= 0.3 is 7.82 Å². The molecule has 0 fully saturated rings. The lowest BCUT2D eigenvalue weighted by Gasteiger charge is -2.25. The monoisotopic (exact) mass is 850 g/mol. The van der Waals surface area contributed by atoms with Gasteiger partial charge < -0.3 is 19.8 Å². The SMILES string of the molecule is CC/C=C\C/C=C\CCCCCCCCCCCCCCCCC(=O)NC(COP(=O)(O)OCC[N+](C)(C)C)C(O)/C=C/CC/C=C/CC/C=C/CCCCCCCC. The summed E-state index contributed by atoms with van der Waals surface area (Å²) in [6.45, 7) is 4.67. The van der Waals surface area contributed by atoms with Crippen LogP contribution in [0.25, 0.3) is 0 Å². The minimum atomic E-state index is -4.35. The number of nitrogens with zero attached hydrogens (tertiary/aromatic N) is 1. The van der Waals surface area contributed by atoms with Crippen LogP contribution in [0.15, 0.2) is 60.8 Å². The summed E-state index contributed by atoms with van der Waals surface area (Å²) < 4.78 is 23.6. The molecule has 0 aromatic rings. The summed E-state index contributed by atoms with van der Waals surface area (Å²) in [5, 5.41) is 13.8. The van der Waals surface area contributed by atoms with E-state index in [9.17, 15) is 19.4 Å². The second kappa shape index (κ2) is 41.5. The van der Waals surface area contributed by atoms with Gasteiger partial charge in [0, 0.05) is 6.42 Å². The topological polar surface area (TPSA) is 105 Å². The molecule has 8 nitrogen and oxygen atoms in total. The number of unbranched alkanes of at least 4 members (excludes halogenated alkanes) is 22. The van der Waals surface area contributed by atoms with Crippen molar-refractivity contribution in [3.05, 3.63) is 60.8 Å². The Bertz CT molecular complexity index is 1140. The number of nitrogens with one attached hydrogen (secondary N) is 1. The maximum atomic E-state index is 12.9. The number of aliphatic hydroxyl groups is 1. The molecule has 9 heteroatoms. The first-order valence-electron chi connectivity index (χ1n) is 24.2. The van der Waals surface area contributed by atoms with Gasteiger partial charge in [0.15, 0.2) is 0 Å². The number of phosphoric acid groups is 1. The largest absolute Gasteiger partial charge is 0.472 e. The van der Waals surface area contributed by atoms with E-state index in [1.807, 2.05) is 27.2 Å². The predicted molar refractivity (Wildman–Crippen MR) is 254 cm³/mol. The Morgan fingerprint density at radius 1 is 0.593 bits per heavy atom. The van der Waals surface area contributed by atoms with Crippen LogP contribution >= 0.6 is 7.82 Å². The molecular formula is C50H94N2O6P+. The Morgan fingerprint density at radius 2 is 1.03 bits per heavy atom. The lowest BCUT2D eigenvalue weighted by atomic mass is 10.0. The molecule has 0 heterocycles. The van der Waals surface area contributed by atoms with E-state index in [0.717, 1.165) is 57.8 Å². The van der Waals surface area contributed by atoms with Crippen LogP contribution in [0.5, 0.6) is 0 Å². The molecule has 0 radical (unpaired) electrons. The number of carbonyl (C=O) groups is 1. The number of amides is 1. The molecule has 0 spiro atoms. The highest BCUT2D eigenvalue weighted by Crippen LogP contribution is 2.43. The van der Waals surface area contributed by atoms with Gasteiger partial charge in [-0.25, -0.2) is 4.57 Å². The lowest BCUT2D eigenvalue weighted by Crippen LogP contribution is -2.45. The lowest BCUT2D eigenvalue weighted by molar-refractivity contribution is -0.870. The van der Waals surface area contributed by atoms with Crippen LogP contribution in [-0.4, -0.2) is 73.4 Å². The highest BCUT2D eigenvalue weighted by atomic mass is 31.2. The Kier molecular flexibility index (Phi) is 40.3. The molecule has 1 amide bonds. The van der Waals surface area contributed by atoms with Crippen LogP contribution in [0.1, 0.15) is 200 Å². The molecule has 0 aliphatic carbocycles. The van der Waals surface area contributed by atoms with E-state index in [-0.39, 0.29) is 19.1 Å². The van der Waals surface area contributed by atoms with Gasteiger partial charge in [-0.2, -0.15) is 0 Å². The summed E-state index contributed by atoms with van der Waals surface area (Å²) in [4.78, 5) is 23.2. The van der Waals surface area contributed by atoms with Crippen LogP contribution < -0.4 is 5.32 Å². The van der Waals surface area contributed by atoms with Crippen LogP contribution in [0.2, 0.25) is 0 Å². The molecular weight excluding hydrogens is 756 g/mol. The summed E-state index contributed by atoms with van der Waals surface area (Å²) in [7, 11) is 1.54. The number of allylic oxidation sites excluding steroid dienone is 9. The van der Waals surface area contributed by atoms with E-state index >= 15 is 0 Å². The second-order valence-electron chi connectivity index (χ2n) is 17.4. The maximum Gasteiger partial charge on any atom is 0.472 e. The summed E-state index contributed by atoms with van der Waals surface area (Å²) in [6, 6.07) is -0.870. The fourth-order valence-electron chi connectivity index (χ4n) is 6.64. The van der Waals surface area contributed by atoms with Crippen molar-refractivity contribution in [2.24, 2.45) is 0 Å². The van der Waals surface area contributed by atoms with Crippen molar-refractivity contribution < 1.29 is 32.9 Å². The third kappa shape index (κ3) is 44.1. The first-order valence-corrected chi connectivity index (χ1v) is 25.7. The van der Waals surface area contributed by atoms with Crippen molar-refractivity contribution in [3.8, 4) is 0 Å². The average Bonchev–Trinajstić information content (AvgIpc) is 3.19. The Hall–Kier alpha value is -1.80. The van der Waals surface area contributed by atoms with Crippen LogP contribution in [0.3, 0.4) is 0 Å². The summed E-state index contributed by atoms with van der Waals surface area (Å²) in [5.74, 6) is -0.193. The van der Waals surface area contributed by atoms with Crippen molar-refractivity contribution in [2.45, 2.75) is 212 Å². The van der Waals surface area contributed by atoms with Crippen LogP contribution in [0, 0.1) is 0 Å². The van der Waals surface area contributed by atoms with Crippen LogP contribution in [-0.2, 0) is 18.4 Å². The number of aliphatic hydroxyl groups excluding tert-OH is 1. The molecule has 0 bridgehead atoms. The van der Waals surface area contributed by atoms with Gasteiger partial charge in [0.25, 0.3) is 0 Å². The van der Waals surface area contributed by atoms with Gasteiger partial charge in [-0.15, -0.1) is 0 Å². The number of likely N-dealkylation sites (N-methyl/N-ethyl adjacent to an activating group) is 1. The third-order valence-corrected chi connectivity index (χ3v) is 11.4. The zero-order valence-electron chi connectivity index (χ0n) is 39.0. The van der Waals surface area contributed by atoms with E-state index in [1.54, 1.807) is 6.08 Å². The van der Waals surface area contributed by atoms with Crippen LogP contribution in [0.4, 0.5) is 0 Å². The molecule has 0 rings (SSSR count). The van der Waals surface area contributed by atoms with E-state index in [4.69, 9.17) is 9.05 Å². The quantitative estimate of drug-likeness (QED) is 0.0244. The standard InChI is InChI=1S/C50H93N2O6P/c1-6-8-10-12-14-16-18-20-22-24-25-26-27-28-30-32-34-36-38-40-42-44-50(54)51-48(47-58-59(55,56)57-46-45-52(3,4)5)49(53)43-41-39-37-35-33-31-29-23-21-19-17-15-13-11-9-7-2/h8,10,14,16,21,23,33,35,41,43,48-49,53H,6-7,9,11-13,15,17-20,22,24-32,34,36-40,42,44-47H2,1-5H3,(H-,51,54,55,56)/p+1/b10-8-,16-14-,23-21+,35-33+,43-41+. The highest BCUT2D eigenvalue weighted by molar-refractivity contribution is 7.47. The van der Waals surface area contributed by atoms with E-state index in [1.165, 1.54) is 122 Å². The number of hydrogen-bond donors (Lipinski definition) is 3. The molecule has 0 saturated carbocycles. The zero-order valence-corrected chi connectivity index (χ0v) is 39.9. The summed E-state index contributed by atoms with van der Waals surface area (Å²) in [6.07, 6.45) is 54.4. The second-order valence-corrected chi connectivity index (χ2v) is 18.9. The first-order chi connectivity index (χ1) is 28.5. The van der Waals surface area contributed by atoms with Gasteiger partial charge in [-0.3, -0.25) is 13.8 Å². The van der Waals surface area contributed by atoms with Crippen molar-refractivity contribution in [3.63, 3.8) is 0 Å². The molecule has 3 N–H and O–H groups in total. The Balaban J connectivity index is 4.38. The zero-order chi connectivity index (χ0) is 43.6. The third-order valence-electron chi connectivity index (χ3n) is 10.4. The molecule has 344 valence electrons. The molecule has 0 aromatic heterocycles. The van der Waals surface area contributed by atoms with E-state index in [0.29, 0.717) is 17.4 Å². The van der Waals surface area contributed by atoms with E-state index < -0.39 is 20.0 Å². The first kappa shape index (κ1) is 57.2. The molecule has 3 unspecified atom stereocenters. The molecule has 0 saturated heterocycles. The van der Waals surface area contributed by atoms with E-state index in [2.05, 4.69) is 67.8 Å². The predicted octanol–water partition coefficient (Wildman–Crippen LogP) is 13.8. The summed E-state index contributed by atoms with van der Waals surface area (Å²) in [5.41, 5.74) is 0. The van der Waals surface area contributed by atoms with Gasteiger partial charge in [0.05, 0.1) is 39.9 Å². The minimum absolute atomic E-state index is 0.0520. The molecule has 59 heavy (non-hydrogen) atoms. The normalized spacial score (nSPS) is 14.8. The Morgan fingerprint density at radius 3 is 1.54 bits per heavy atom. The van der Waals surface area contributed by atoms with Crippen molar-refractivity contribution >= 4 is 13.7 Å². The average molecular weight is 850 g/mol. The van der Waals surface area contributed by atoms with Crippen molar-refractivity contribution in [1.82, 2.24) is 5.32 Å². The maximum absolute atomic E-state index is 12.9. The number of phosphoric ester groups is 1. The molecule has 0 aromatic carbocycles. The fourth-order valence-corrected chi connectivity index (χ4v) is 7.38. The number of quaternary nitrogens is 1. The minimum Gasteiger partial charge on any atom is -0.387 e. The highest BCUT2D eigenvalue weighted by Gasteiger charge is 2.27. The molecule has 0 aliphatic rings. The Labute approximate surface area is 364 Å². The van der Waals surface area contributed by atoms with Gasteiger partial charge in [0.1, 0.15) is 13.2 Å². The number of rotatable bonds is 43. The van der Waals surface area contributed by atoms with Gasteiger partial charge in [-0.1, -0.05) is 184 Å².